The van der Waals surface area contributed by atoms with Crippen LogP contribution in [0.25, 0.3) is 0 Å². The minimum absolute atomic E-state index is 0. The molecule has 0 aromatic heterocycles. The molecule has 8 heteroatoms. The molecule has 0 unspecified atom stereocenters. The van der Waals surface area contributed by atoms with E-state index in [1.54, 1.807) is 0 Å². The zero-order chi connectivity index (χ0) is 12.5. The van der Waals surface area contributed by atoms with Crippen molar-refractivity contribution in [3.8, 4) is 11.5 Å². The number of benzene rings is 1. The van der Waals surface area contributed by atoms with E-state index in [4.69, 9.17) is 10.5 Å². The summed E-state index contributed by atoms with van der Waals surface area (Å²) >= 11 is 2.92. The summed E-state index contributed by atoms with van der Waals surface area (Å²) in [6, 6.07) is 0.0483. The molecule has 0 spiro atoms. The number of hydrogen-bond donors (Lipinski definition) is 2. The molecule has 0 aliphatic heterocycles. The third kappa shape index (κ3) is 3.65. The second-order valence-corrected chi connectivity index (χ2v) is 3.93. The van der Waals surface area contributed by atoms with Crippen LogP contribution in [0.15, 0.2) is 16.6 Å². The van der Waals surface area contributed by atoms with Crippen LogP contribution in [0.5, 0.6) is 11.5 Å². The summed E-state index contributed by atoms with van der Waals surface area (Å²) in [5, 5.41) is 9.41. The zero-order valence-electron chi connectivity index (χ0n) is 8.58. The van der Waals surface area contributed by atoms with Crippen LogP contribution in [-0.4, -0.2) is 18.4 Å². The van der Waals surface area contributed by atoms with Crippen molar-refractivity contribution in [1.82, 2.24) is 0 Å². The van der Waals surface area contributed by atoms with Gasteiger partial charge in [-0.2, -0.15) is 13.2 Å². The summed E-state index contributed by atoms with van der Waals surface area (Å²) in [6.45, 7) is 0. The van der Waals surface area contributed by atoms with Crippen LogP contribution in [0, 0.1) is 0 Å². The van der Waals surface area contributed by atoms with Gasteiger partial charge in [-0.15, -0.1) is 12.4 Å². The quantitative estimate of drug-likeness (QED) is 0.872. The van der Waals surface area contributed by atoms with E-state index in [1.165, 1.54) is 7.11 Å². The number of aromatic hydroxyl groups is 1. The molecule has 1 aromatic rings. The lowest BCUT2D eigenvalue weighted by Gasteiger charge is -2.17. The molecule has 98 valence electrons. The zero-order valence-corrected chi connectivity index (χ0v) is 11.0. The molecule has 1 atom stereocenters. The standard InChI is InChI=1S/C9H9BrF3NO2.ClH/c1-16-6-3-4(2-5(10)7(6)15)8(14)9(11,12)13;/h2-3,8,15H,14H2,1H3;1H/t8-;/m0./s1. The monoisotopic (exact) mass is 335 g/mol. The number of alkyl halides is 3. The first-order valence-electron chi connectivity index (χ1n) is 4.16. The van der Waals surface area contributed by atoms with Crippen LogP contribution < -0.4 is 10.5 Å². The molecule has 3 nitrogen and oxygen atoms in total. The minimum Gasteiger partial charge on any atom is -0.503 e. The Hall–Kier alpha value is -0.660. The van der Waals surface area contributed by atoms with Crippen molar-refractivity contribution in [2.45, 2.75) is 12.2 Å². The van der Waals surface area contributed by atoms with Gasteiger partial charge in [0.25, 0.3) is 0 Å². The van der Waals surface area contributed by atoms with Gasteiger partial charge in [-0.1, -0.05) is 0 Å². The number of ether oxygens (including phenoxy) is 1. The molecule has 1 rings (SSSR count). The Balaban J connectivity index is 0.00000256. The summed E-state index contributed by atoms with van der Waals surface area (Å²) in [5.74, 6) is -0.329. The predicted molar refractivity (Wildman–Crippen MR) is 62.6 cm³/mol. The number of nitrogens with two attached hydrogens (primary N) is 1. The van der Waals surface area contributed by atoms with Gasteiger partial charge in [-0.05, 0) is 33.6 Å². The van der Waals surface area contributed by atoms with Crippen molar-refractivity contribution < 1.29 is 23.0 Å². The Morgan fingerprint density at radius 3 is 2.35 bits per heavy atom. The highest BCUT2D eigenvalue weighted by Crippen LogP contribution is 2.39. The van der Waals surface area contributed by atoms with Gasteiger partial charge in [0.1, 0.15) is 6.04 Å². The maximum absolute atomic E-state index is 12.4. The molecular weight excluding hydrogens is 326 g/mol. The summed E-state index contributed by atoms with van der Waals surface area (Å²) in [4.78, 5) is 0. The van der Waals surface area contributed by atoms with E-state index < -0.39 is 12.2 Å². The van der Waals surface area contributed by atoms with E-state index >= 15 is 0 Å². The first-order chi connectivity index (χ1) is 7.27. The molecule has 0 saturated carbocycles. The second kappa shape index (κ2) is 5.79. The van der Waals surface area contributed by atoms with Gasteiger partial charge in [0.15, 0.2) is 11.5 Å². The Kier molecular flexibility index (Phi) is 5.57. The summed E-state index contributed by atoms with van der Waals surface area (Å²) in [7, 11) is 1.24. The van der Waals surface area contributed by atoms with E-state index in [9.17, 15) is 18.3 Å². The average Bonchev–Trinajstić information content (AvgIpc) is 2.19. The highest BCUT2D eigenvalue weighted by atomic mass is 79.9. The number of methoxy groups -OCH3 is 1. The smallest absolute Gasteiger partial charge is 0.407 e. The SMILES string of the molecule is COc1cc([C@H](N)C(F)(F)F)cc(Br)c1O.Cl. The normalized spacial score (nSPS) is 12.8. The maximum atomic E-state index is 12.4. The number of phenolic OH excluding ortho intramolecular Hbond substituents is 1. The van der Waals surface area contributed by atoms with Gasteiger partial charge in [0.05, 0.1) is 11.6 Å². The van der Waals surface area contributed by atoms with Crippen LogP contribution in [-0.2, 0) is 0 Å². The van der Waals surface area contributed by atoms with Gasteiger partial charge >= 0.3 is 6.18 Å². The van der Waals surface area contributed by atoms with E-state index in [2.05, 4.69) is 15.9 Å². The fourth-order valence-electron chi connectivity index (χ4n) is 1.12. The molecular formula is C9H10BrClF3NO2. The molecule has 0 radical (unpaired) electrons. The minimum atomic E-state index is -4.54. The topological polar surface area (TPSA) is 55.5 Å². The number of rotatable bonds is 2. The fourth-order valence-corrected chi connectivity index (χ4v) is 1.58. The van der Waals surface area contributed by atoms with E-state index in [0.717, 1.165) is 12.1 Å². The van der Waals surface area contributed by atoms with Gasteiger partial charge in [-0.25, -0.2) is 0 Å². The van der Waals surface area contributed by atoms with Crippen molar-refractivity contribution in [2.75, 3.05) is 7.11 Å². The van der Waals surface area contributed by atoms with Crippen LogP contribution in [0.3, 0.4) is 0 Å². The average molecular weight is 337 g/mol. The van der Waals surface area contributed by atoms with Gasteiger partial charge in [-0.3, -0.25) is 0 Å². The third-order valence-electron chi connectivity index (χ3n) is 1.98. The summed E-state index contributed by atoms with van der Waals surface area (Å²) < 4.78 is 41.9. The first kappa shape index (κ1) is 16.3. The van der Waals surface area contributed by atoms with E-state index in [0.29, 0.717) is 0 Å². The first-order valence-corrected chi connectivity index (χ1v) is 4.95. The van der Waals surface area contributed by atoms with Gasteiger partial charge in [0.2, 0.25) is 0 Å². The molecule has 17 heavy (non-hydrogen) atoms. The molecule has 0 heterocycles. The summed E-state index contributed by atoms with van der Waals surface area (Å²) in [5.41, 5.74) is 4.85. The lowest BCUT2D eigenvalue weighted by atomic mass is 10.1. The van der Waals surface area contributed by atoms with Crippen molar-refractivity contribution in [3.63, 3.8) is 0 Å². The predicted octanol–water partition coefficient (Wildman–Crippen LogP) is 3.15. The molecule has 0 aliphatic rings. The molecule has 0 aliphatic carbocycles. The maximum Gasteiger partial charge on any atom is 0.407 e. The fraction of sp³-hybridized carbons (Fsp3) is 0.333. The van der Waals surface area contributed by atoms with Crippen LogP contribution in [0.2, 0.25) is 0 Å². The van der Waals surface area contributed by atoms with Crippen LogP contribution in [0.1, 0.15) is 11.6 Å². The highest BCUT2D eigenvalue weighted by molar-refractivity contribution is 9.10. The third-order valence-corrected chi connectivity index (χ3v) is 2.59. The van der Waals surface area contributed by atoms with E-state index in [-0.39, 0.29) is 33.9 Å². The highest BCUT2D eigenvalue weighted by Gasteiger charge is 2.38. The van der Waals surface area contributed by atoms with Crippen molar-refractivity contribution in [3.05, 3.63) is 22.2 Å². The Morgan fingerprint density at radius 1 is 1.41 bits per heavy atom. The van der Waals surface area contributed by atoms with Gasteiger partial charge < -0.3 is 15.6 Å². The van der Waals surface area contributed by atoms with Crippen LogP contribution >= 0.6 is 28.3 Å². The number of phenols is 1. The van der Waals surface area contributed by atoms with Crippen molar-refractivity contribution in [1.29, 1.82) is 0 Å². The van der Waals surface area contributed by atoms with Crippen molar-refractivity contribution in [2.24, 2.45) is 5.73 Å². The number of halogens is 5. The molecule has 0 saturated heterocycles. The molecule has 0 fully saturated rings. The lowest BCUT2D eigenvalue weighted by Crippen LogP contribution is -2.28. The van der Waals surface area contributed by atoms with Gasteiger partial charge in [0, 0.05) is 0 Å². The molecule has 3 N–H and O–H groups in total. The Bertz CT molecular complexity index is 401. The van der Waals surface area contributed by atoms with Crippen molar-refractivity contribution >= 4 is 28.3 Å². The second-order valence-electron chi connectivity index (χ2n) is 3.07. The Morgan fingerprint density at radius 2 is 1.94 bits per heavy atom. The molecule has 0 bridgehead atoms. The molecule has 1 aromatic carbocycles. The lowest BCUT2D eigenvalue weighted by molar-refractivity contribution is -0.149. The number of hydrogen-bond acceptors (Lipinski definition) is 3. The van der Waals surface area contributed by atoms with Crippen LogP contribution in [0.4, 0.5) is 13.2 Å². The largest absolute Gasteiger partial charge is 0.503 e. The summed E-state index contributed by atoms with van der Waals surface area (Å²) in [6.07, 6.45) is -4.54. The van der Waals surface area contributed by atoms with E-state index in [1.807, 2.05) is 0 Å². The molecule has 0 amide bonds. The Labute approximate surface area is 110 Å².